The first-order chi connectivity index (χ1) is 7.15. The van der Waals surface area contributed by atoms with Crippen LogP contribution in [0, 0.1) is 0 Å². The Balaban J connectivity index is 2.80. The van der Waals surface area contributed by atoms with Gasteiger partial charge in [-0.05, 0) is 12.8 Å². The molecule has 0 aromatic rings. The Hall–Kier alpha value is -1.30. The molecular formula is C9H15NO5. The molecule has 1 aliphatic heterocycles. The van der Waals surface area contributed by atoms with E-state index in [9.17, 15) is 9.59 Å². The maximum absolute atomic E-state index is 11.4. The van der Waals surface area contributed by atoms with E-state index >= 15 is 0 Å². The van der Waals surface area contributed by atoms with Crippen molar-refractivity contribution in [2.45, 2.75) is 25.1 Å². The predicted molar refractivity (Wildman–Crippen MR) is 50.1 cm³/mol. The molecule has 6 nitrogen and oxygen atoms in total. The van der Waals surface area contributed by atoms with Crippen LogP contribution >= 0.6 is 0 Å². The van der Waals surface area contributed by atoms with Crippen molar-refractivity contribution in [1.29, 1.82) is 0 Å². The summed E-state index contributed by atoms with van der Waals surface area (Å²) in [4.78, 5) is 24.1. The van der Waals surface area contributed by atoms with Gasteiger partial charge in [0.1, 0.15) is 12.3 Å². The van der Waals surface area contributed by atoms with Gasteiger partial charge in [-0.1, -0.05) is 0 Å². The monoisotopic (exact) mass is 217 g/mol. The van der Waals surface area contributed by atoms with Crippen LogP contribution in [0.1, 0.15) is 12.8 Å². The van der Waals surface area contributed by atoms with E-state index in [0.29, 0.717) is 12.8 Å². The van der Waals surface area contributed by atoms with Crippen molar-refractivity contribution < 1.29 is 23.8 Å². The van der Waals surface area contributed by atoms with Crippen molar-refractivity contribution >= 4 is 12.1 Å². The van der Waals surface area contributed by atoms with E-state index in [1.807, 2.05) is 0 Å². The van der Waals surface area contributed by atoms with E-state index in [1.54, 1.807) is 0 Å². The molecule has 6 heteroatoms. The maximum atomic E-state index is 11.4. The highest BCUT2D eigenvalue weighted by molar-refractivity contribution is 5.82. The molecule has 1 aliphatic rings. The van der Waals surface area contributed by atoms with Gasteiger partial charge in [0, 0.05) is 7.11 Å². The topological polar surface area (TPSA) is 65.1 Å². The summed E-state index contributed by atoms with van der Waals surface area (Å²) in [7, 11) is 4.04. The fraction of sp³-hybridized carbons (Fsp3) is 0.778. The van der Waals surface area contributed by atoms with Gasteiger partial charge in [-0.2, -0.15) is 0 Å². The molecule has 2 atom stereocenters. The fourth-order valence-corrected chi connectivity index (χ4v) is 1.73. The maximum Gasteiger partial charge on any atom is 0.412 e. The van der Waals surface area contributed by atoms with E-state index in [-0.39, 0.29) is 0 Å². The first-order valence-corrected chi connectivity index (χ1v) is 4.62. The van der Waals surface area contributed by atoms with Crippen LogP contribution in [-0.2, 0) is 19.0 Å². The second-order valence-corrected chi connectivity index (χ2v) is 3.18. The highest BCUT2D eigenvalue weighted by Gasteiger charge is 2.42. The molecule has 0 aliphatic carbocycles. The smallest absolute Gasteiger partial charge is 0.412 e. The fourth-order valence-electron chi connectivity index (χ4n) is 1.73. The van der Waals surface area contributed by atoms with Crippen molar-refractivity contribution in [2.24, 2.45) is 0 Å². The van der Waals surface area contributed by atoms with Gasteiger partial charge < -0.3 is 14.2 Å². The highest BCUT2D eigenvalue weighted by Crippen LogP contribution is 2.26. The Morgan fingerprint density at radius 1 is 1.13 bits per heavy atom. The summed E-state index contributed by atoms with van der Waals surface area (Å²) in [6, 6.07) is -0.604. The molecule has 2 unspecified atom stereocenters. The van der Waals surface area contributed by atoms with Gasteiger partial charge in [0.2, 0.25) is 0 Å². The summed E-state index contributed by atoms with van der Waals surface area (Å²) >= 11 is 0. The van der Waals surface area contributed by atoms with Crippen LogP contribution in [0.5, 0.6) is 0 Å². The molecule has 1 amide bonds. The predicted octanol–water partition coefficient (Wildman–Crippen LogP) is 0.363. The number of carbonyl (C=O) groups is 2. The molecular weight excluding hydrogens is 202 g/mol. The normalized spacial score (nSPS) is 25.1. The largest absolute Gasteiger partial charge is 0.467 e. The number of likely N-dealkylation sites (tertiary alicyclic amines) is 1. The van der Waals surface area contributed by atoms with Crippen molar-refractivity contribution in [1.82, 2.24) is 4.90 Å². The van der Waals surface area contributed by atoms with Crippen LogP contribution in [0.4, 0.5) is 4.79 Å². The lowest BCUT2D eigenvalue weighted by molar-refractivity contribution is -0.147. The average Bonchev–Trinajstić information content (AvgIpc) is 2.70. The molecule has 0 N–H and O–H groups in total. The van der Waals surface area contributed by atoms with Crippen molar-refractivity contribution in [3.8, 4) is 0 Å². The van der Waals surface area contributed by atoms with Crippen LogP contribution in [0.3, 0.4) is 0 Å². The van der Waals surface area contributed by atoms with E-state index in [4.69, 9.17) is 4.74 Å². The summed E-state index contributed by atoms with van der Waals surface area (Å²) in [6.07, 6.45) is 0.141. The lowest BCUT2D eigenvalue weighted by Crippen LogP contribution is -2.45. The quantitative estimate of drug-likeness (QED) is 0.625. The molecule has 0 radical (unpaired) electrons. The standard InChI is InChI=1S/C9H15NO5/c1-13-7-5-4-6(8(11)14-2)10(7)9(12)15-3/h6-7H,4-5H2,1-3H3. The Morgan fingerprint density at radius 3 is 2.27 bits per heavy atom. The molecule has 1 saturated heterocycles. The summed E-state index contributed by atoms with van der Waals surface area (Å²) in [5.41, 5.74) is 0. The number of methoxy groups -OCH3 is 3. The minimum Gasteiger partial charge on any atom is -0.467 e. The third-order valence-electron chi connectivity index (χ3n) is 2.46. The molecule has 15 heavy (non-hydrogen) atoms. The second-order valence-electron chi connectivity index (χ2n) is 3.18. The number of rotatable bonds is 2. The third-order valence-corrected chi connectivity index (χ3v) is 2.46. The minimum atomic E-state index is -0.604. The van der Waals surface area contributed by atoms with Gasteiger partial charge in [-0.3, -0.25) is 4.90 Å². The lowest BCUT2D eigenvalue weighted by Gasteiger charge is -2.26. The number of hydrogen-bond acceptors (Lipinski definition) is 5. The van der Waals surface area contributed by atoms with Gasteiger partial charge in [0.05, 0.1) is 14.2 Å². The number of ether oxygens (including phenoxy) is 3. The number of esters is 1. The van der Waals surface area contributed by atoms with Gasteiger partial charge >= 0.3 is 12.1 Å². The van der Waals surface area contributed by atoms with Crippen molar-refractivity contribution in [3.63, 3.8) is 0 Å². The molecule has 1 rings (SSSR count). The Bertz CT molecular complexity index is 255. The zero-order chi connectivity index (χ0) is 11.4. The van der Waals surface area contributed by atoms with Crippen LogP contribution in [0.25, 0.3) is 0 Å². The molecule has 0 aromatic carbocycles. The molecule has 1 heterocycles. The third kappa shape index (κ3) is 2.20. The van der Waals surface area contributed by atoms with Crippen LogP contribution in [0.2, 0.25) is 0 Å². The zero-order valence-corrected chi connectivity index (χ0v) is 9.06. The van der Waals surface area contributed by atoms with Gasteiger partial charge in [0.15, 0.2) is 0 Å². The zero-order valence-electron chi connectivity index (χ0n) is 9.06. The van der Waals surface area contributed by atoms with Crippen molar-refractivity contribution in [3.05, 3.63) is 0 Å². The van der Waals surface area contributed by atoms with Crippen LogP contribution in [-0.4, -0.2) is 50.6 Å². The summed E-state index contributed by atoms with van der Waals surface area (Å²) < 4.78 is 14.3. The SMILES string of the molecule is COC(=O)C1CCC(OC)N1C(=O)OC. The molecule has 86 valence electrons. The number of nitrogens with zero attached hydrogens (tertiary/aromatic N) is 1. The summed E-state index contributed by atoms with van der Waals surface area (Å²) in [5, 5.41) is 0. The molecule has 0 bridgehead atoms. The van der Waals surface area contributed by atoms with Gasteiger partial charge in [-0.15, -0.1) is 0 Å². The molecule has 1 fully saturated rings. The van der Waals surface area contributed by atoms with E-state index in [2.05, 4.69) is 9.47 Å². The number of amides is 1. The molecule has 0 aromatic heterocycles. The summed E-state index contributed by atoms with van der Waals surface area (Å²) in [6.45, 7) is 0. The van der Waals surface area contributed by atoms with E-state index in [0.717, 1.165) is 0 Å². The molecule has 0 saturated carbocycles. The number of carbonyl (C=O) groups excluding carboxylic acids is 2. The van der Waals surface area contributed by atoms with E-state index in [1.165, 1.54) is 26.2 Å². The Kier molecular flexibility index (Phi) is 3.90. The number of hydrogen-bond donors (Lipinski definition) is 0. The lowest BCUT2D eigenvalue weighted by atomic mass is 10.2. The Labute approximate surface area is 88.1 Å². The first-order valence-electron chi connectivity index (χ1n) is 4.62. The average molecular weight is 217 g/mol. The first kappa shape index (κ1) is 11.8. The van der Waals surface area contributed by atoms with E-state index < -0.39 is 24.3 Å². The van der Waals surface area contributed by atoms with Crippen LogP contribution in [0.15, 0.2) is 0 Å². The van der Waals surface area contributed by atoms with Crippen molar-refractivity contribution in [2.75, 3.05) is 21.3 Å². The summed E-state index contributed by atoms with van der Waals surface area (Å²) in [5.74, 6) is -0.444. The van der Waals surface area contributed by atoms with Gasteiger partial charge in [0.25, 0.3) is 0 Å². The van der Waals surface area contributed by atoms with Crippen LogP contribution < -0.4 is 0 Å². The second kappa shape index (κ2) is 4.97. The highest BCUT2D eigenvalue weighted by atomic mass is 16.6. The molecule has 0 spiro atoms. The van der Waals surface area contributed by atoms with Gasteiger partial charge in [-0.25, -0.2) is 9.59 Å². The minimum absolute atomic E-state index is 0.415. The Morgan fingerprint density at radius 2 is 1.80 bits per heavy atom.